The molecule has 0 unspecified atom stereocenters. The Morgan fingerprint density at radius 1 is 1.06 bits per heavy atom. The number of halogens is 2. The highest BCUT2D eigenvalue weighted by Gasteiger charge is 2.17. The van der Waals surface area contributed by atoms with Gasteiger partial charge in [0, 0.05) is 16.6 Å². The molecule has 0 aromatic heterocycles. The topological polar surface area (TPSA) is 76.7 Å². The summed E-state index contributed by atoms with van der Waals surface area (Å²) in [6, 6.07) is 17.4. The van der Waals surface area contributed by atoms with Crippen molar-refractivity contribution < 1.29 is 23.5 Å². The van der Waals surface area contributed by atoms with Crippen LogP contribution in [0.1, 0.15) is 18.1 Å². The zero-order chi connectivity index (χ0) is 23.8. The predicted molar refractivity (Wildman–Crippen MR) is 129 cm³/mol. The van der Waals surface area contributed by atoms with Crippen molar-refractivity contribution in [2.24, 2.45) is 0 Å². The van der Waals surface area contributed by atoms with Gasteiger partial charge in [0.2, 0.25) is 0 Å². The molecule has 0 heterocycles. The number of ether oxygens (including phenoxy) is 2. The summed E-state index contributed by atoms with van der Waals surface area (Å²) in [6.45, 7) is 1.73. The third kappa shape index (κ3) is 6.55. The fourth-order valence-electron chi connectivity index (χ4n) is 3.29. The normalized spacial score (nSPS) is 10.4. The smallest absolute Gasteiger partial charge is 0.325 e. The highest BCUT2D eigenvalue weighted by Crippen LogP contribution is 2.36. The van der Waals surface area contributed by atoms with Gasteiger partial charge < -0.3 is 20.1 Å². The molecule has 0 spiro atoms. The third-order valence-corrected chi connectivity index (χ3v) is 5.32. The Balaban J connectivity index is 1.72. The first-order chi connectivity index (χ1) is 15.9. The van der Waals surface area contributed by atoms with E-state index in [4.69, 9.17) is 9.47 Å². The molecular formula is C25H24BrFN2O4. The number of rotatable bonds is 8. The number of benzene rings is 3. The van der Waals surface area contributed by atoms with Gasteiger partial charge in [0.15, 0.2) is 0 Å². The first kappa shape index (κ1) is 24.3. The van der Waals surface area contributed by atoms with Crippen molar-refractivity contribution in [2.45, 2.75) is 13.3 Å². The Morgan fingerprint density at radius 2 is 1.82 bits per heavy atom. The third-order valence-electron chi connectivity index (χ3n) is 4.82. The van der Waals surface area contributed by atoms with E-state index in [2.05, 4.69) is 26.6 Å². The summed E-state index contributed by atoms with van der Waals surface area (Å²) in [5, 5.41) is 5.06. The molecule has 3 rings (SSSR count). The molecule has 0 fully saturated rings. The Kier molecular flexibility index (Phi) is 8.43. The maximum atomic E-state index is 15.5. The summed E-state index contributed by atoms with van der Waals surface area (Å²) < 4.78 is 26.5. The largest absolute Gasteiger partial charge is 0.496 e. The number of nitrogens with one attached hydrogen (secondary N) is 2. The molecule has 2 amide bonds. The van der Waals surface area contributed by atoms with Crippen LogP contribution in [-0.2, 0) is 16.0 Å². The van der Waals surface area contributed by atoms with Crippen LogP contribution in [0.2, 0.25) is 0 Å². The monoisotopic (exact) mass is 514 g/mol. The molecule has 0 bridgehead atoms. The second-order valence-electron chi connectivity index (χ2n) is 7.11. The fourth-order valence-corrected chi connectivity index (χ4v) is 3.69. The summed E-state index contributed by atoms with van der Waals surface area (Å²) in [7, 11) is 1.52. The van der Waals surface area contributed by atoms with Gasteiger partial charge in [0.25, 0.3) is 0 Å². The average molecular weight is 515 g/mol. The van der Waals surface area contributed by atoms with Crippen LogP contribution in [0, 0.1) is 5.82 Å². The van der Waals surface area contributed by atoms with Gasteiger partial charge in [-0.25, -0.2) is 9.18 Å². The molecule has 3 aromatic carbocycles. The number of carbonyl (C=O) groups is 2. The summed E-state index contributed by atoms with van der Waals surface area (Å²) in [4.78, 5) is 23.2. The Bertz CT molecular complexity index is 1140. The number of esters is 1. The number of amides is 2. The summed E-state index contributed by atoms with van der Waals surface area (Å²) >= 11 is 3.43. The van der Waals surface area contributed by atoms with Crippen LogP contribution in [0.4, 0.5) is 14.9 Å². The van der Waals surface area contributed by atoms with Gasteiger partial charge in [-0.15, -0.1) is 0 Å². The molecular weight excluding hydrogens is 491 g/mol. The van der Waals surface area contributed by atoms with Crippen molar-refractivity contribution in [1.29, 1.82) is 0 Å². The average Bonchev–Trinajstić information content (AvgIpc) is 2.80. The number of hydrogen-bond donors (Lipinski definition) is 2. The van der Waals surface area contributed by atoms with Gasteiger partial charge in [-0.2, -0.15) is 0 Å². The molecule has 0 aliphatic carbocycles. The highest BCUT2D eigenvalue weighted by molar-refractivity contribution is 9.10. The second kappa shape index (κ2) is 11.5. The van der Waals surface area contributed by atoms with Gasteiger partial charge in [-0.3, -0.25) is 4.79 Å². The molecule has 0 aliphatic heterocycles. The van der Waals surface area contributed by atoms with Gasteiger partial charge in [0.05, 0.1) is 19.3 Å². The van der Waals surface area contributed by atoms with E-state index in [1.807, 2.05) is 36.4 Å². The van der Waals surface area contributed by atoms with Gasteiger partial charge in [-0.05, 0) is 53.9 Å². The van der Waals surface area contributed by atoms with Gasteiger partial charge in [-0.1, -0.05) is 46.3 Å². The predicted octanol–water partition coefficient (Wildman–Crippen LogP) is 5.54. The van der Waals surface area contributed by atoms with Crippen molar-refractivity contribution in [1.82, 2.24) is 5.32 Å². The fraction of sp³-hybridized carbons (Fsp3) is 0.200. The van der Waals surface area contributed by atoms with Crippen molar-refractivity contribution in [3.63, 3.8) is 0 Å². The van der Waals surface area contributed by atoms with Crippen LogP contribution in [0.15, 0.2) is 65.1 Å². The van der Waals surface area contributed by atoms with Crippen LogP contribution >= 0.6 is 15.9 Å². The number of urea groups is 1. The zero-order valence-electron chi connectivity index (χ0n) is 18.3. The van der Waals surface area contributed by atoms with Crippen molar-refractivity contribution >= 4 is 33.6 Å². The molecule has 0 atom stereocenters. The lowest BCUT2D eigenvalue weighted by Crippen LogP contribution is -2.34. The Hall–Kier alpha value is -3.39. The van der Waals surface area contributed by atoms with E-state index < -0.39 is 12.0 Å². The molecule has 0 saturated carbocycles. The molecule has 6 nitrogen and oxygen atoms in total. The molecule has 0 saturated heterocycles. The lowest BCUT2D eigenvalue weighted by molar-refractivity contribution is -0.141. The van der Waals surface area contributed by atoms with Gasteiger partial charge in [0.1, 0.15) is 18.1 Å². The van der Waals surface area contributed by atoms with Crippen LogP contribution < -0.4 is 15.4 Å². The van der Waals surface area contributed by atoms with Crippen LogP contribution in [-0.4, -0.2) is 32.3 Å². The van der Waals surface area contributed by atoms with Crippen LogP contribution in [0.5, 0.6) is 5.75 Å². The van der Waals surface area contributed by atoms with E-state index in [1.54, 1.807) is 31.2 Å². The molecule has 8 heteroatoms. The molecule has 172 valence electrons. The van der Waals surface area contributed by atoms with Crippen LogP contribution in [0.3, 0.4) is 0 Å². The summed E-state index contributed by atoms with van der Waals surface area (Å²) in [6.07, 6.45) is 0.367. The molecule has 2 N–H and O–H groups in total. The van der Waals surface area contributed by atoms with Crippen LogP contribution in [0.25, 0.3) is 11.1 Å². The number of anilines is 1. The number of methoxy groups -OCH3 is 1. The summed E-state index contributed by atoms with van der Waals surface area (Å²) in [5.41, 5.74) is 3.07. The van der Waals surface area contributed by atoms with E-state index in [9.17, 15) is 9.59 Å². The summed E-state index contributed by atoms with van der Waals surface area (Å²) in [5.74, 6) is -0.387. The van der Waals surface area contributed by atoms with Crippen molar-refractivity contribution in [3.8, 4) is 16.9 Å². The maximum Gasteiger partial charge on any atom is 0.325 e. The quantitative estimate of drug-likeness (QED) is 0.387. The van der Waals surface area contributed by atoms with Gasteiger partial charge >= 0.3 is 12.0 Å². The minimum atomic E-state index is -0.518. The molecule has 0 radical (unpaired) electrons. The van der Waals surface area contributed by atoms with Crippen molar-refractivity contribution in [3.05, 3.63) is 82.1 Å². The van der Waals surface area contributed by atoms with E-state index in [0.29, 0.717) is 34.5 Å². The van der Waals surface area contributed by atoms with E-state index in [-0.39, 0.29) is 19.0 Å². The minimum Gasteiger partial charge on any atom is -0.496 e. The number of hydrogen-bond acceptors (Lipinski definition) is 4. The number of carbonyl (C=O) groups excluding carboxylic acids is 2. The first-order valence-electron chi connectivity index (χ1n) is 10.3. The first-order valence-corrected chi connectivity index (χ1v) is 11.1. The zero-order valence-corrected chi connectivity index (χ0v) is 19.9. The Labute approximate surface area is 200 Å². The molecule has 33 heavy (non-hydrogen) atoms. The second-order valence-corrected chi connectivity index (χ2v) is 8.03. The molecule has 0 aliphatic rings. The highest BCUT2D eigenvalue weighted by atomic mass is 79.9. The lowest BCUT2D eigenvalue weighted by Gasteiger charge is -2.14. The van der Waals surface area contributed by atoms with E-state index in [1.165, 1.54) is 7.11 Å². The van der Waals surface area contributed by atoms with E-state index >= 15 is 4.39 Å². The maximum absolute atomic E-state index is 15.5. The molecule has 3 aromatic rings. The standard InChI is InChI=1S/C25H24BrFN2O4/c1-3-33-22(30)15-28-25(31)29-20-10-7-16(8-11-20)13-18-9-12-21(32-2)23(24(18)27)17-5-4-6-19(26)14-17/h4-12,14H,3,13,15H2,1-2H3,(H2,28,29,31). The van der Waals surface area contributed by atoms with E-state index in [0.717, 1.165) is 10.0 Å². The Morgan fingerprint density at radius 3 is 2.48 bits per heavy atom. The minimum absolute atomic E-state index is 0.213. The lowest BCUT2D eigenvalue weighted by atomic mass is 9.97. The SMILES string of the molecule is CCOC(=O)CNC(=O)Nc1ccc(Cc2ccc(OC)c(-c3cccc(Br)c3)c2F)cc1. The van der Waals surface area contributed by atoms with Crippen molar-refractivity contribution in [2.75, 3.05) is 25.6 Å².